The van der Waals surface area contributed by atoms with Crippen molar-refractivity contribution < 1.29 is 4.74 Å². The van der Waals surface area contributed by atoms with Gasteiger partial charge in [-0.05, 0) is 44.1 Å². The van der Waals surface area contributed by atoms with Gasteiger partial charge in [-0.1, -0.05) is 51.1 Å². The molecular formula is C19H31NO. The number of nitrogens with one attached hydrogen (secondary N) is 1. The van der Waals surface area contributed by atoms with Crippen molar-refractivity contribution in [1.82, 2.24) is 5.32 Å². The normalized spacial score (nSPS) is 27.8. The molecule has 118 valence electrons. The van der Waals surface area contributed by atoms with Crippen LogP contribution in [0.5, 0.6) is 0 Å². The van der Waals surface area contributed by atoms with E-state index in [9.17, 15) is 0 Å². The van der Waals surface area contributed by atoms with Crippen molar-refractivity contribution in [2.45, 2.75) is 71.1 Å². The van der Waals surface area contributed by atoms with E-state index in [4.69, 9.17) is 4.74 Å². The molecule has 0 amide bonds. The zero-order chi connectivity index (χ0) is 15.3. The minimum atomic E-state index is 0.00599. The average Bonchev–Trinajstić information content (AvgIpc) is 2.49. The van der Waals surface area contributed by atoms with E-state index in [-0.39, 0.29) is 11.7 Å². The van der Waals surface area contributed by atoms with Crippen LogP contribution in [0.1, 0.15) is 65.0 Å². The summed E-state index contributed by atoms with van der Waals surface area (Å²) in [7, 11) is 0. The maximum Gasteiger partial charge on any atom is 0.0814 e. The van der Waals surface area contributed by atoms with Crippen LogP contribution < -0.4 is 5.32 Å². The van der Waals surface area contributed by atoms with Gasteiger partial charge in [0.15, 0.2) is 0 Å². The van der Waals surface area contributed by atoms with Crippen LogP contribution in [0, 0.1) is 5.92 Å². The molecule has 1 N–H and O–H groups in total. The number of ether oxygens (including phenoxy) is 1. The van der Waals surface area contributed by atoms with Crippen molar-refractivity contribution in [2.75, 3.05) is 6.54 Å². The fraction of sp³-hybridized carbons (Fsp3) is 0.684. The standard InChI is InChI=1S/C19H31NO/c1-15(2)20-14-19(12-10-16(3)11-13-19)21-17(4)18-8-6-5-7-9-18/h5-9,15-17,20H,10-14H2,1-4H3. The van der Waals surface area contributed by atoms with Gasteiger partial charge in [-0.15, -0.1) is 0 Å². The summed E-state index contributed by atoms with van der Waals surface area (Å²) in [6.07, 6.45) is 5.06. The predicted octanol–water partition coefficient (Wildman–Crippen LogP) is 4.71. The fourth-order valence-electron chi connectivity index (χ4n) is 3.18. The SMILES string of the molecule is CC1CCC(CNC(C)C)(OC(C)c2ccccc2)CC1. The Bertz CT molecular complexity index is 407. The molecule has 0 heterocycles. The third-order valence-corrected chi connectivity index (χ3v) is 4.71. The lowest BCUT2D eigenvalue weighted by atomic mass is 9.79. The van der Waals surface area contributed by atoms with Gasteiger partial charge < -0.3 is 10.1 Å². The Kier molecular flexibility index (Phi) is 5.83. The van der Waals surface area contributed by atoms with Crippen molar-refractivity contribution in [3.63, 3.8) is 0 Å². The smallest absolute Gasteiger partial charge is 0.0814 e. The van der Waals surface area contributed by atoms with Gasteiger partial charge in [-0.2, -0.15) is 0 Å². The Labute approximate surface area is 130 Å². The maximum atomic E-state index is 6.60. The van der Waals surface area contributed by atoms with E-state index in [0.29, 0.717) is 6.04 Å². The molecular weight excluding hydrogens is 258 g/mol. The highest BCUT2D eigenvalue weighted by Gasteiger charge is 2.36. The summed E-state index contributed by atoms with van der Waals surface area (Å²) in [6, 6.07) is 11.1. The Hall–Kier alpha value is -0.860. The fourth-order valence-corrected chi connectivity index (χ4v) is 3.18. The molecule has 0 radical (unpaired) electrons. The second-order valence-electron chi connectivity index (χ2n) is 7.07. The predicted molar refractivity (Wildman–Crippen MR) is 89.4 cm³/mol. The van der Waals surface area contributed by atoms with Crippen LogP contribution in [-0.2, 0) is 4.74 Å². The van der Waals surface area contributed by atoms with Gasteiger partial charge in [-0.3, -0.25) is 0 Å². The van der Waals surface area contributed by atoms with Crippen LogP contribution in [0.25, 0.3) is 0 Å². The van der Waals surface area contributed by atoms with Crippen molar-refractivity contribution in [2.24, 2.45) is 5.92 Å². The monoisotopic (exact) mass is 289 g/mol. The van der Waals surface area contributed by atoms with Crippen molar-refractivity contribution in [1.29, 1.82) is 0 Å². The highest BCUT2D eigenvalue weighted by molar-refractivity contribution is 5.17. The zero-order valence-electron chi connectivity index (χ0n) is 14.1. The molecule has 2 rings (SSSR count). The minimum absolute atomic E-state index is 0.00599. The second-order valence-corrected chi connectivity index (χ2v) is 7.07. The first-order valence-electron chi connectivity index (χ1n) is 8.47. The summed E-state index contributed by atoms with van der Waals surface area (Å²) < 4.78 is 6.60. The van der Waals surface area contributed by atoms with Gasteiger partial charge >= 0.3 is 0 Å². The van der Waals surface area contributed by atoms with Crippen LogP contribution in [0.4, 0.5) is 0 Å². The third-order valence-electron chi connectivity index (χ3n) is 4.71. The first-order valence-corrected chi connectivity index (χ1v) is 8.47. The average molecular weight is 289 g/mol. The van der Waals surface area contributed by atoms with E-state index in [1.165, 1.54) is 31.2 Å². The Morgan fingerprint density at radius 3 is 2.33 bits per heavy atom. The molecule has 1 aliphatic rings. The Morgan fingerprint density at radius 2 is 1.76 bits per heavy atom. The molecule has 1 aromatic carbocycles. The molecule has 0 aromatic heterocycles. The largest absolute Gasteiger partial charge is 0.366 e. The molecule has 1 aromatic rings. The third kappa shape index (κ3) is 4.82. The van der Waals surface area contributed by atoms with Crippen LogP contribution in [-0.4, -0.2) is 18.2 Å². The molecule has 0 saturated heterocycles. The molecule has 1 atom stereocenters. The van der Waals surface area contributed by atoms with Gasteiger partial charge in [0, 0.05) is 12.6 Å². The second kappa shape index (κ2) is 7.42. The molecule has 0 spiro atoms. The van der Waals surface area contributed by atoms with Gasteiger partial charge in [0.25, 0.3) is 0 Å². The van der Waals surface area contributed by atoms with Crippen LogP contribution in [0.15, 0.2) is 30.3 Å². The Morgan fingerprint density at radius 1 is 1.14 bits per heavy atom. The summed E-state index contributed by atoms with van der Waals surface area (Å²) in [4.78, 5) is 0. The van der Waals surface area contributed by atoms with E-state index in [0.717, 1.165) is 12.5 Å². The zero-order valence-corrected chi connectivity index (χ0v) is 14.1. The lowest BCUT2D eigenvalue weighted by Crippen LogP contribution is -2.47. The highest BCUT2D eigenvalue weighted by atomic mass is 16.5. The molecule has 1 saturated carbocycles. The summed E-state index contributed by atoms with van der Waals surface area (Å²) in [6.45, 7) is 9.93. The molecule has 1 aliphatic carbocycles. The van der Waals surface area contributed by atoms with Gasteiger partial charge in [0.2, 0.25) is 0 Å². The summed E-state index contributed by atoms with van der Waals surface area (Å²) >= 11 is 0. The molecule has 0 bridgehead atoms. The minimum Gasteiger partial charge on any atom is -0.366 e. The molecule has 1 unspecified atom stereocenters. The maximum absolute atomic E-state index is 6.60. The van der Waals surface area contributed by atoms with E-state index < -0.39 is 0 Å². The molecule has 1 fully saturated rings. The van der Waals surface area contributed by atoms with Crippen LogP contribution in [0.2, 0.25) is 0 Å². The first-order chi connectivity index (χ1) is 10.0. The van der Waals surface area contributed by atoms with Gasteiger partial charge in [-0.25, -0.2) is 0 Å². The van der Waals surface area contributed by atoms with E-state index in [1.54, 1.807) is 0 Å². The molecule has 2 nitrogen and oxygen atoms in total. The lowest BCUT2D eigenvalue weighted by Gasteiger charge is -2.42. The van der Waals surface area contributed by atoms with Crippen molar-refractivity contribution in [3.8, 4) is 0 Å². The van der Waals surface area contributed by atoms with E-state index >= 15 is 0 Å². The molecule has 2 heteroatoms. The van der Waals surface area contributed by atoms with Gasteiger partial charge in [0.05, 0.1) is 11.7 Å². The van der Waals surface area contributed by atoms with Crippen molar-refractivity contribution >= 4 is 0 Å². The molecule has 21 heavy (non-hydrogen) atoms. The van der Waals surface area contributed by atoms with Crippen LogP contribution >= 0.6 is 0 Å². The van der Waals surface area contributed by atoms with E-state index in [1.807, 2.05) is 0 Å². The summed E-state index contributed by atoms with van der Waals surface area (Å²) in [5.74, 6) is 0.841. The number of hydrogen-bond acceptors (Lipinski definition) is 2. The first kappa shape index (κ1) is 16.5. The quantitative estimate of drug-likeness (QED) is 0.819. The van der Waals surface area contributed by atoms with Crippen LogP contribution in [0.3, 0.4) is 0 Å². The number of benzene rings is 1. The van der Waals surface area contributed by atoms with Gasteiger partial charge in [0.1, 0.15) is 0 Å². The highest BCUT2D eigenvalue weighted by Crippen LogP contribution is 2.38. The molecule has 0 aliphatic heterocycles. The van der Waals surface area contributed by atoms with E-state index in [2.05, 4.69) is 63.3 Å². The Balaban J connectivity index is 2.05. The number of rotatable bonds is 6. The topological polar surface area (TPSA) is 21.3 Å². The lowest BCUT2D eigenvalue weighted by molar-refractivity contribution is -0.114. The summed E-state index contributed by atoms with van der Waals surface area (Å²) in [5, 5.41) is 3.60. The van der Waals surface area contributed by atoms with Crippen molar-refractivity contribution in [3.05, 3.63) is 35.9 Å². The number of hydrogen-bond donors (Lipinski definition) is 1. The summed E-state index contributed by atoms with van der Waals surface area (Å²) in [5.41, 5.74) is 1.28.